The lowest BCUT2D eigenvalue weighted by Gasteiger charge is -2.17. The lowest BCUT2D eigenvalue weighted by Crippen LogP contribution is -2.45. The summed E-state index contributed by atoms with van der Waals surface area (Å²) in [5.74, 6) is 0. The third-order valence-corrected chi connectivity index (χ3v) is 2.44. The van der Waals surface area contributed by atoms with E-state index < -0.39 is 0 Å². The molecule has 14 heavy (non-hydrogen) atoms. The number of aromatic nitrogens is 2. The molecular formula is C12H17N2+. The Bertz CT molecular complexity index is 461. The molecule has 0 unspecified atom stereocenters. The van der Waals surface area contributed by atoms with Gasteiger partial charge in [0.15, 0.2) is 7.05 Å². The Kier molecular flexibility index (Phi) is 1.88. The van der Waals surface area contributed by atoms with Gasteiger partial charge >= 0.3 is 0 Å². The highest BCUT2D eigenvalue weighted by Crippen LogP contribution is 2.19. The van der Waals surface area contributed by atoms with Crippen LogP contribution >= 0.6 is 0 Å². The van der Waals surface area contributed by atoms with Gasteiger partial charge in [-0.25, -0.2) is 0 Å². The summed E-state index contributed by atoms with van der Waals surface area (Å²) in [6, 6.07) is 8.48. The van der Waals surface area contributed by atoms with Gasteiger partial charge in [0.2, 0.25) is 6.20 Å². The van der Waals surface area contributed by atoms with Crippen molar-refractivity contribution in [1.29, 1.82) is 0 Å². The van der Waals surface area contributed by atoms with Crippen LogP contribution in [0.5, 0.6) is 0 Å². The fraction of sp³-hybridized carbons (Fsp3) is 0.417. The van der Waals surface area contributed by atoms with E-state index >= 15 is 0 Å². The molecule has 0 radical (unpaired) electrons. The second kappa shape index (κ2) is 2.84. The van der Waals surface area contributed by atoms with Crippen molar-refractivity contribution in [2.45, 2.75) is 26.3 Å². The van der Waals surface area contributed by atoms with E-state index in [0.717, 1.165) is 0 Å². The Hall–Kier alpha value is -1.31. The molecule has 1 aromatic carbocycles. The molecule has 0 aliphatic carbocycles. The molecule has 0 atom stereocenters. The van der Waals surface area contributed by atoms with Crippen LogP contribution in [0.3, 0.4) is 0 Å². The number of fused-ring (bicyclic) bond motifs is 1. The first-order valence-electron chi connectivity index (χ1n) is 4.97. The largest absolute Gasteiger partial charge is 0.203 e. The van der Waals surface area contributed by atoms with Gasteiger partial charge in [0, 0.05) is 0 Å². The van der Waals surface area contributed by atoms with Crippen LogP contribution in [0.4, 0.5) is 0 Å². The molecule has 0 fully saturated rings. The lowest BCUT2D eigenvalue weighted by molar-refractivity contribution is -0.757. The smallest absolute Gasteiger partial charge is 0.148 e. The number of aryl methyl sites for hydroxylation is 1. The predicted molar refractivity (Wildman–Crippen MR) is 58.1 cm³/mol. The van der Waals surface area contributed by atoms with Crippen LogP contribution in [0, 0.1) is 0 Å². The molecule has 2 aromatic rings. The van der Waals surface area contributed by atoms with Crippen molar-refractivity contribution < 1.29 is 4.68 Å². The SMILES string of the molecule is C[n+]1cc2ccccc2n1C(C)(C)C. The molecule has 2 heteroatoms. The molecule has 0 aliphatic heterocycles. The summed E-state index contributed by atoms with van der Waals surface area (Å²) in [6.07, 6.45) is 2.17. The zero-order chi connectivity index (χ0) is 10.3. The molecule has 0 saturated heterocycles. The fourth-order valence-electron chi connectivity index (χ4n) is 2.05. The summed E-state index contributed by atoms with van der Waals surface area (Å²) >= 11 is 0. The van der Waals surface area contributed by atoms with Crippen molar-refractivity contribution in [2.24, 2.45) is 7.05 Å². The number of hydrogen-bond donors (Lipinski definition) is 0. The van der Waals surface area contributed by atoms with Gasteiger partial charge in [0.25, 0.3) is 0 Å². The predicted octanol–water partition coefficient (Wildman–Crippen LogP) is 2.22. The zero-order valence-corrected chi connectivity index (χ0v) is 9.28. The van der Waals surface area contributed by atoms with Gasteiger partial charge in [0.1, 0.15) is 5.52 Å². The Morgan fingerprint density at radius 3 is 2.43 bits per heavy atom. The number of benzene rings is 1. The summed E-state index contributed by atoms with van der Waals surface area (Å²) in [7, 11) is 2.09. The Morgan fingerprint density at radius 1 is 1.14 bits per heavy atom. The van der Waals surface area contributed by atoms with Gasteiger partial charge in [0.05, 0.1) is 10.9 Å². The van der Waals surface area contributed by atoms with Crippen LogP contribution in [0.25, 0.3) is 10.9 Å². The monoisotopic (exact) mass is 189 g/mol. The summed E-state index contributed by atoms with van der Waals surface area (Å²) in [5, 5.41) is 1.30. The van der Waals surface area contributed by atoms with E-state index in [4.69, 9.17) is 0 Å². The van der Waals surface area contributed by atoms with E-state index in [1.807, 2.05) is 0 Å². The molecule has 0 spiro atoms. The first-order valence-corrected chi connectivity index (χ1v) is 4.97. The van der Waals surface area contributed by atoms with Crippen molar-refractivity contribution >= 4 is 10.9 Å². The van der Waals surface area contributed by atoms with Crippen molar-refractivity contribution in [3.05, 3.63) is 30.5 Å². The fourth-order valence-corrected chi connectivity index (χ4v) is 2.05. The topological polar surface area (TPSA) is 8.81 Å². The summed E-state index contributed by atoms with van der Waals surface area (Å²) < 4.78 is 4.47. The minimum Gasteiger partial charge on any atom is -0.148 e. The highest BCUT2D eigenvalue weighted by molar-refractivity contribution is 5.77. The molecule has 2 nitrogen and oxygen atoms in total. The molecule has 2 rings (SSSR count). The van der Waals surface area contributed by atoms with Crippen LogP contribution < -0.4 is 4.68 Å². The number of rotatable bonds is 0. The molecule has 1 heterocycles. The highest BCUT2D eigenvalue weighted by atomic mass is 15.4. The van der Waals surface area contributed by atoms with Gasteiger partial charge in [-0.05, 0) is 32.9 Å². The molecule has 74 valence electrons. The third kappa shape index (κ3) is 1.31. The van der Waals surface area contributed by atoms with Crippen molar-refractivity contribution in [1.82, 2.24) is 4.68 Å². The van der Waals surface area contributed by atoms with Crippen molar-refractivity contribution in [2.75, 3.05) is 0 Å². The van der Waals surface area contributed by atoms with Gasteiger partial charge < -0.3 is 0 Å². The molecule has 0 amide bonds. The van der Waals surface area contributed by atoms with Gasteiger partial charge in [-0.3, -0.25) is 0 Å². The first-order chi connectivity index (χ1) is 6.50. The maximum Gasteiger partial charge on any atom is 0.203 e. The quantitative estimate of drug-likeness (QED) is 0.562. The van der Waals surface area contributed by atoms with Crippen LogP contribution in [-0.2, 0) is 12.6 Å². The second-order valence-corrected chi connectivity index (χ2v) is 4.74. The first kappa shape index (κ1) is 9.25. The summed E-state index contributed by atoms with van der Waals surface area (Å²) in [5.41, 5.74) is 1.42. The van der Waals surface area contributed by atoms with E-state index in [1.54, 1.807) is 0 Å². The molecule has 0 saturated carbocycles. The van der Waals surface area contributed by atoms with Gasteiger partial charge in [-0.2, -0.15) is 0 Å². The Labute approximate surface area is 84.8 Å². The van der Waals surface area contributed by atoms with Crippen molar-refractivity contribution in [3.63, 3.8) is 0 Å². The second-order valence-electron chi connectivity index (χ2n) is 4.74. The third-order valence-electron chi connectivity index (χ3n) is 2.44. The van der Waals surface area contributed by atoms with E-state index in [9.17, 15) is 0 Å². The van der Waals surface area contributed by atoms with Crippen LogP contribution in [-0.4, -0.2) is 4.68 Å². The van der Waals surface area contributed by atoms with Gasteiger partial charge in [-0.1, -0.05) is 12.1 Å². The summed E-state index contributed by atoms with van der Waals surface area (Å²) in [6.45, 7) is 6.66. The average Bonchev–Trinajstić information content (AvgIpc) is 2.38. The van der Waals surface area contributed by atoms with Gasteiger partial charge in [-0.15, -0.1) is 9.36 Å². The molecule has 1 aromatic heterocycles. The lowest BCUT2D eigenvalue weighted by atomic mass is 10.1. The molecule has 0 bridgehead atoms. The minimum absolute atomic E-state index is 0.123. The van der Waals surface area contributed by atoms with Crippen LogP contribution in [0.2, 0.25) is 0 Å². The maximum absolute atomic E-state index is 2.31. The molecule has 0 aliphatic rings. The minimum atomic E-state index is 0.123. The van der Waals surface area contributed by atoms with Crippen LogP contribution in [0.15, 0.2) is 30.5 Å². The van der Waals surface area contributed by atoms with Crippen LogP contribution in [0.1, 0.15) is 20.8 Å². The average molecular weight is 189 g/mol. The number of nitrogens with zero attached hydrogens (tertiary/aromatic N) is 2. The Morgan fingerprint density at radius 2 is 1.79 bits per heavy atom. The maximum atomic E-state index is 2.31. The molecular weight excluding hydrogens is 172 g/mol. The normalized spacial score (nSPS) is 12.3. The standard InChI is InChI=1S/C12H17N2/c1-12(2,3)14-11-8-6-5-7-10(11)9-13(14)4/h5-9H,1-4H3/q+1. The van der Waals surface area contributed by atoms with E-state index in [2.05, 4.69) is 67.6 Å². The van der Waals surface area contributed by atoms with Crippen molar-refractivity contribution in [3.8, 4) is 0 Å². The summed E-state index contributed by atoms with van der Waals surface area (Å²) in [4.78, 5) is 0. The molecule has 0 N–H and O–H groups in total. The zero-order valence-electron chi connectivity index (χ0n) is 9.28. The number of para-hydroxylation sites is 1. The van der Waals surface area contributed by atoms with E-state index in [1.165, 1.54) is 10.9 Å². The Balaban J connectivity index is 2.81. The number of hydrogen-bond acceptors (Lipinski definition) is 0. The van der Waals surface area contributed by atoms with E-state index in [0.29, 0.717) is 0 Å². The van der Waals surface area contributed by atoms with E-state index in [-0.39, 0.29) is 5.54 Å². The highest BCUT2D eigenvalue weighted by Gasteiger charge is 2.23.